The number of nitrogens with one attached hydrogen (secondary N) is 1. The molecule has 0 aromatic carbocycles. The minimum Gasteiger partial charge on any atom is -0.493 e. The van der Waals surface area contributed by atoms with Gasteiger partial charge in [-0.2, -0.15) is 28.6 Å². The summed E-state index contributed by atoms with van der Waals surface area (Å²) < 4.78 is 7.37. The van der Waals surface area contributed by atoms with Crippen molar-refractivity contribution >= 4 is 23.5 Å². The average molecular weight is 288 g/mol. The highest BCUT2D eigenvalue weighted by molar-refractivity contribution is 8.06. The lowest BCUT2D eigenvalue weighted by atomic mass is 10.1. The Labute approximate surface area is 116 Å². The van der Waals surface area contributed by atoms with E-state index >= 15 is 0 Å². The maximum atomic E-state index is 5.77. The van der Waals surface area contributed by atoms with E-state index in [-0.39, 0.29) is 6.04 Å². The Kier molecular flexibility index (Phi) is 5.23. The van der Waals surface area contributed by atoms with Gasteiger partial charge in [0.25, 0.3) is 0 Å². The Morgan fingerprint density at radius 1 is 1.67 bits per heavy atom. The van der Waals surface area contributed by atoms with Crippen molar-refractivity contribution in [1.29, 1.82) is 0 Å². The van der Waals surface area contributed by atoms with Crippen LogP contribution in [0, 0.1) is 0 Å². The third kappa shape index (κ3) is 2.79. The van der Waals surface area contributed by atoms with Gasteiger partial charge >= 0.3 is 0 Å². The molecule has 1 aromatic rings. The molecule has 3 N–H and O–H groups in total. The van der Waals surface area contributed by atoms with Gasteiger partial charge in [-0.3, -0.25) is 16.0 Å². The molecule has 1 aliphatic rings. The quantitative estimate of drug-likeness (QED) is 0.628. The number of thioether (sulfide) groups is 2. The van der Waals surface area contributed by atoms with E-state index < -0.39 is 0 Å². The lowest BCUT2D eigenvalue weighted by Crippen LogP contribution is -2.39. The molecule has 2 heterocycles. The summed E-state index contributed by atoms with van der Waals surface area (Å²) >= 11 is 3.96. The Morgan fingerprint density at radius 2 is 2.50 bits per heavy atom. The van der Waals surface area contributed by atoms with Crippen LogP contribution in [-0.2, 0) is 6.54 Å². The molecule has 0 aliphatic carbocycles. The van der Waals surface area contributed by atoms with Crippen LogP contribution >= 0.6 is 23.5 Å². The number of nitrogens with zero attached hydrogens (tertiary/aromatic N) is 2. The van der Waals surface area contributed by atoms with Gasteiger partial charge in [0.05, 0.1) is 25.0 Å². The number of aryl methyl sites for hydroxylation is 1. The van der Waals surface area contributed by atoms with Crippen LogP contribution in [0.15, 0.2) is 6.20 Å². The van der Waals surface area contributed by atoms with E-state index in [1.165, 1.54) is 11.5 Å². The Hall–Kier alpha value is -0.370. The first kappa shape index (κ1) is 14.0. The zero-order valence-electron chi connectivity index (χ0n) is 10.8. The van der Waals surface area contributed by atoms with E-state index in [0.717, 1.165) is 23.7 Å². The summed E-state index contributed by atoms with van der Waals surface area (Å²) in [4.78, 5) is 0. The molecule has 102 valence electrons. The summed E-state index contributed by atoms with van der Waals surface area (Å²) in [5, 5.41) is 4.81. The average Bonchev–Trinajstić information content (AvgIpc) is 2.84. The van der Waals surface area contributed by atoms with Gasteiger partial charge < -0.3 is 4.74 Å². The van der Waals surface area contributed by atoms with Crippen molar-refractivity contribution in [3.8, 4) is 5.75 Å². The van der Waals surface area contributed by atoms with Crippen molar-refractivity contribution < 1.29 is 4.74 Å². The van der Waals surface area contributed by atoms with Crippen LogP contribution in [-0.4, -0.2) is 39.4 Å². The molecule has 18 heavy (non-hydrogen) atoms. The van der Waals surface area contributed by atoms with Gasteiger partial charge in [-0.05, 0) is 6.92 Å². The van der Waals surface area contributed by atoms with Crippen LogP contribution in [0.3, 0.4) is 0 Å². The Bertz CT molecular complexity index is 358. The molecule has 1 fully saturated rings. The number of rotatable bonds is 5. The molecule has 0 saturated carbocycles. The van der Waals surface area contributed by atoms with Gasteiger partial charge in [0, 0.05) is 29.1 Å². The molecule has 2 rings (SSSR count). The van der Waals surface area contributed by atoms with Crippen molar-refractivity contribution in [1.82, 2.24) is 15.2 Å². The molecule has 1 aliphatic heterocycles. The van der Waals surface area contributed by atoms with Crippen LogP contribution in [0.4, 0.5) is 0 Å². The highest BCUT2D eigenvalue weighted by Crippen LogP contribution is 2.36. The minimum atomic E-state index is 0.0835. The SMILES string of the molecule is CCn1ncc(OC)c1C(NN)C1CSCCS1. The first-order valence-electron chi connectivity index (χ1n) is 6.07. The van der Waals surface area contributed by atoms with Crippen molar-refractivity contribution in [2.45, 2.75) is 24.8 Å². The monoisotopic (exact) mass is 288 g/mol. The van der Waals surface area contributed by atoms with Crippen molar-refractivity contribution in [2.75, 3.05) is 24.4 Å². The summed E-state index contributed by atoms with van der Waals surface area (Å²) in [5.41, 5.74) is 4.01. The Balaban J connectivity index is 2.27. The number of hydrogen-bond acceptors (Lipinski definition) is 6. The van der Waals surface area contributed by atoms with Crippen LogP contribution in [0.25, 0.3) is 0 Å². The first-order valence-corrected chi connectivity index (χ1v) is 8.27. The van der Waals surface area contributed by atoms with Gasteiger partial charge in [0.2, 0.25) is 0 Å². The summed E-state index contributed by atoms with van der Waals surface area (Å²) in [6.07, 6.45) is 1.77. The predicted octanol–water partition coefficient (Wildman–Crippen LogP) is 1.26. The van der Waals surface area contributed by atoms with Gasteiger partial charge in [0.1, 0.15) is 0 Å². The zero-order chi connectivity index (χ0) is 13.0. The fourth-order valence-electron chi connectivity index (χ4n) is 2.16. The molecule has 0 radical (unpaired) electrons. The number of methoxy groups -OCH3 is 1. The van der Waals surface area contributed by atoms with Crippen LogP contribution in [0.2, 0.25) is 0 Å². The van der Waals surface area contributed by atoms with E-state index in [1.54, 1.807) is 13.3 Å². The molecule has 1 saturated heterocycles. The van der Waals surface area contributed by atoms with E-state index in [0.29, 0.717) is 5.25 Å². The van der Waals surface area contributed by atoms with Crippen molar-refractivity contribution in [3.63, 3.8) is 0 Å². The second-order valence-corrected chi connectivity index (χ2v) is 6.54. The summed E-state index contributed by atoms with van der Waals surface area (Å²) in [7, 11) is 1.68. The number of hydrogen-bond donors (Lipinski definition) is 2. The molecule has 0 spiro atoms. The second kappa shape index (κ2) is 6.70. The van der Waals surface area contributed by atoms with E-state index in [9.17, 15) is 0 Å². The van der Waals surface area contributed by atoms with Gasteiger partial charge in [-0.15, -0.1) is 0 Å². The largest absolute Gasteiger partial charge is 0.493 e. The molecular formula is C11H20N4OS2. The zero-order valence-corrected chi connectivity index (χ0v) is 12.4. The first-order chi connectivity index (χ1) is 8.81. The number of ether oxygens (including phenoxy) is 1. The summed E-state index contributed by atoms with van der Waals surface area (Å²) in [6.45, 7) is 2.90. The lowest BCUT2D eigenvalue weighted by Gasteiger charge is -2.29. The highest BCUT2D eigenvalue weighted by atomic mass is 32.2. The molecule has 7 heteroatoms. The maximum Gasteiger partial charge on any atom is 0.161 e. The third-order valence-electron chi connectivity index (χ3n) is 3.05. The smallest absolute Gasteiger partial charge is 0.161 e. The minimum absolute atomic E-state index is 0.0835. The normalized spacial score (nSPS) is 21.8. The standard InChI is InChI=1S/C11H20N4OS2/c1-3-15-11(8(16-2)6-13-15)10(14-12)9-7-17-4-5-18-9/h6,9-10,14H,3-5,7,12H2,1-2H3. The molecular weight excluding hydrogens is 268 g/mol. The molecule has 0 amide bonds. The van der Waals surface area contributed by atoms with E-state index in [2.05, 4.69) is 17.4 Å². The van der Waals surface area contributed by atoms with E-state index in [1.807, 2.05) is 28.2 Å². The van der Waals surface area contributed by atoms with Crippen molar-refractivity contribution in [3.05, 3.63) is 11.9 Å². The van der Waals surface area contributed by atoms with E-state index in [4.69, 9.17) is 10.6 Å². The predicted molar refractivity (Wildman–Crippen MR) is 78.1 cm³/mol. The summed E-state index contributed by atoms with van der Waals surface area (Å²) in [6, 6.07) is 0.0835. The molecule has 0 bridgehead atoms. The van der Waals surface area contributed by atoms with Crippen LogP contribution < -0.4 is 16.0 Å². The maximum absolute atomic E-state index is 5.77. The third-order valence-corrected chi connectivity index (χ3v) is 5.92. The van der Waals surface area contributed by atoms with Crippen LogP contribution in [0.5, 0.6) is 5.75 Å². The van der Waals surface area contributed by atoms with Gasteiger partial charge in [-0.1, -0.05) is 0 Å². The lowest BCUT2D eigenvalue weighted by molar-refractivity contribution is 0.391. The number of nitrogens with two attached hydrogens (primary N) is 1. The Morgan fingerprint density at radius 3 is 3.06 bits per heavy atom. The van der Waals surface area contributed by atoms with Gasteiger partial charge in [0.15, 0.2) is 5.75 Å². The fourth-order valence-corrected chi connectivity index (χ4v) is 4.99. The summed E-state index contributed by atoms with van der Waals surface area (Å²) in [5.74, 6) is 10.1. The topological polar surface area (TPSA) is 65.1 Å². The molecule has 5 nitrogen and oxygen atoms in total. The van der Waals surface area contributed by atoms with Gasteiger partial charge in [-0.25, -0.2) is 0 Å². The molecule has 2 unspecified atom stereocenters. The number of aromatic nitrogens is 2. The van der Waals surface area contributed by atoms with Crippen molar-refractivity contribution in [2.24, 2.45) is 5.84 Å². The van der Waals surface area contributed by atoms with Crippen LogP contribution in [0.1, 0.15) is 18.7 Å². The molecule has 2 atom stereocenters. The number of hydrazine groups is 1. The highest BCUT2D eigenvalue weighted by Gasteiger charge is 2.30. The second-order valence-electron chi connectivity index (χ2n) is 4.04. The molecule has 1 aromatic heterocycles. The fraction of sp³-hybridized carbons (Fsp3) is 0.727.